The van der Waals surface area contributed by atoms with Crippen molar-refractivity contribution < 1.29 is 9.53 Å². The minimum Gasteiger partial charge on any atom is -0.489 e. The van der Waals surface area contributed by atoms with Crippen LogP contribution in [0.2, 0.25) is 5.02 Å². The molecule has 1 atom stereocenters. The van der Waals surface area contributed by atoms with E-state index in [1.54, 1.807) is 22.5 Å². The lowest BCUT2D eigenvalue weighted by Crippen LogP contribution is -2.39. The Hall–Kier alpha value is -1.79. The summed E-state index contributed by atoms with van der Waals surface area (Å²) in [6, 6.07) is 7.20. The molecule has 0 aliphatic carbocycles. The molecular weight excluding hydrogens is 322 g/mol. The summed E-state index contributed by atoms with van der Waals surface area (Å²) in [7, 11) is 0. The van der Waals surface area contributed by atoms with Gasteiger partial charge in [-0.3, -0.25) is 0 Å². The monoisotopic (exact) mass is 337 g/mol. The zero-order chi connectivity index (χ0) is 15.4. The van der Waals surface area contributed by atoms with Crippen LogP contribution in [-0.2, 0) is 6.54 Å². The van der Waals surface area contributed by atoms with E-state index >= 15 is 0 Å². The molecule has 116 valence electrons. The van der Waals surface area contributed by atoms with E-state index in [0.717, 1.165) is 17.9 Å². The number of urea groups is 1. The van der Waals surface area contributed by atoms with Crippen LogP contribution < -0.4 is 10.1 Å². The number of rotatable bonds is 4. The molecule has 0 radical (unpaired) electrons. The molecule has 1 saturated heterocycles. The normalized spacial score (nSPS) is 17.5. The largest absolute Gasteiger partial charge is 0.489 e. The maximum absolute atomic E-state index is 12.1. The minimum absolute atomic E-state index is 0.0196. The number of halogens is 1. The molecule has 1 aromatic carbocycles. The van der Waals surface area contributed by atoms with Crippen molar-refractivity contribution >= 4 is 29.0 Å². The van der Waals surface area contributed by atoms with Crippen LogP contribution in [0.1, 0.15) is 12.1 Å². The maximum Gasteiger partial charge on any atom is 0.317 e. The van der Waals surface area contributed by atoms with Crippen molar-refractivity contribution in [3.8, 4) is 5.75 Å². The molecule has 2 aromatic rings. The van der Waals surface area contributed by atoms with Gasteiger partial charge in [0.2, 0.25) is 0 Å². The summed E-state index contributed by atoms with van der Waals surface area (Å²) in [5.74, 6) is 0.777. The molecule has 1 aromatic heterocycles. The summed E-state index contributed by atoms with van der Waals surface area (Å²) >= 11 is 7.37. The maximum atomic E-state index is 12.1. The Bertz CT molecular complexity index is 618. The van der Waals surface area contributed by atoms with Gasteiger partial charge in [-0.1, -0.05) is 11.6 Å². The average Bonchev–Trinajstić information content (AvgIpc) is 3.19. The molecule has 3 rings (SSSR count). The molecule has 2 amide bonds. The number of benzene rings is 1. The number of hydrogen-bond acceptors (Lipinski definition) is 4. The van der Waals surface area contributed by atoms with Gasteiger partial charge < -0.3 is 15.0 Å². The number of amides is 2. The predicted octanol–water partition coefficient (Wildman–Crippen LogP) is 3.16. The number of nitrogens with zero attached hydrogens (tertiary/aromatic N) is 2. The second kappa shape index (κ2) is 6.98. The number of likely N-dealkylation sites (tertiary alicyclic amines) is 1. The third kappa shape index (κ3) is 3.90. The van der Waals surface area contributed by atoms with E-state index in [1.807, 2.05) is 17.5 Å². The Morgan fingerprint density at radius 2 is 2.27 bits per heavy atom. The molecule has 1 N–H and O–H groups in total. The van der Waals surface area contributed by atoms with Crippen molar-refractivity contribution in [2.75, 3.05) is 13.1 Å². The molecule has 5 nitrogen and oxygen atoms in total. The summed E-state index contributed by atoms with van der Waals surface area (Å²) in [5, 5.41) is 5.49. The van der Waals surface area contributed by atoms with Gasteiger partial charge in [0.1, 0.15) is 11.9 Å². The van der Waals surface area contributed by atoms with Crippen LogP contribution in [-0.4, -0.2) is 35.1 Å². The summed E-state index contributed by atoms with van der Waals surface area (Å²) in [4.78, 5) is 18.0. The topological polar surface area (TPSA) is 54.5 Å². The Labute approximate surface area is 137 Å². The van der Waals surface area contributed by atoms with Crippen molar-refractivity contribution in [1.29, 1.82) is 0 Å². The Kier molecular flexibility index (Phi) is 4.80. The van der Waals surface area contributed by atoms with Gasteiger partial charge in [-0.25, -0.2) is 9.78 Å². The average molecular weight is 338 g/mol. The van der Waals surface area contributed by atoms with Gasteiger partial charge in [0.05, 0.1) is 24.3 Å². The first-order chi connectivity index (χ1) is 10.7. The van der Waals surface area contributed by atoms with Crippen LogP contribution in [0.4, 0.5) is 4.79 Å². The molecule has 2 heterocycles. The molecule has 7 heteroatoms. The van der Waals surface area contributed by atoms with Crippen LogP contribution >= 0.6 is 22.9 Å². The van der Waals surface area contributed by atoms with Crippen molar-refractivity contribution in [3.05, 3.63) is 45.9 Å². The highest BCUT2D eigenvalue weighted by Crippen LogP contribution is 2.20. The Balaban J connectivity index is 1.47. The SMILES string of the molecule is O=C(NCc1cscn1)N1CCC(Oc2ccc(Cl)cc2)C1. The molecule has 0 saturated carbocycles. The van der Waals surface area contributed by atoms with Crippen LogP contribution in [0, 0.1) is 0 Å². The minimum atomic E-state index is -0.0739. The van der Waals surface area contributed by atoms with Gasteiger partial charge in [0.25, 0.3) is 0 Å². The fourth-order valence-corrected chi connectivity index (χ4v) is 3.00. The van der Waals surface area contributed by atoms with Gasteiger partial charge in [0, 0.05) is 23.4 Å². The summed E-state index contributed by atoms with van der Waals surface area (Å²) < 4.78 is 5.87. The fraction of sp³-hybridized carbons (Fsp3) is 0.333. The van der Waals surface area contributed by atoms with Gasteiger partial charge >= 0.3 is 6.03 Å². The molecule has 1 fully saturated rings. The number of ether oxygens (including phenoxy) is 1. The quantitative estimate of drug-likeness (QED) is 0.932. The molecule has 1 aliphatic heterocycles. The lowest BCUT2D eigenvalue weighted by Gasteiger charge is -2.17. The zero-order valence-corrected chi connectivity index (χ0v) is 13.4. The van der Waals surface area contributed by atoms with Crippen LogP contribution in [0.15, 0.2) is 35.2 Å². The second-order valence-corrected chi connectivity index (χ2v) is 6.22. The van der Waals surface area contributed by atoms with Crippen molar-refractivity contribution in [2.24, 2.45) is 0 Å². The van der Waals surface area contributed by atoms with E-state index in [2.05, 4.69) is 10.3 Å². The van der Waals surface area contributed by atoms with Gasteiger partial charge in [-0.15, -0.1) is 11.3 Å². The summed E-state index contributed by atoms with van der Waals surface area (Å²) in [5.41, 5.74) is 2.64. The van der Waals surface area contributed by atoms with Crippen LogP contribution in [0.25, 0.3) is 0 Å². The van der Waals surface area contributed by atoms with E-state index in [4.69, 9.17) is 16.3 Å². The standard InChI is InChI=1S/C15H16ClN3O2S/c16-11-1-3-13(4-2-11)21-14-5-6-19(8-14)15(20)17-7-12-9-22-10-18-12/h1-4,9-10,14H,5-8H2,(H,17,20). The van der Waals surface area contributed by atoms with Gasteiger partial charge in [-0.2, -0.15) is 0 Å². The molecule has 22 heavy (non-hydrogen) atoms. The molecule has 0 spiro atoms. The van der Waals surface area contributed by atoms with Crippen molar-refractivity contribution in [2.45, 2.75) is 19.1 Å². The predicted molar refractivity (Wildman–Crippen MR) is 86.4 cm³/mol. The van der Waals surface area contributed by atoms with Gasteiger partial charge in [0.15, 0.2) is 0 Å². The molecular formula is C15H16ClN3O2S. The zero-order valence-electron chi connectivity index (χ0n) is 11.9. The van der Waals surface area contributed by atoms with Gasteiger partial charge in [-0.05, 0) is 24.3 Å². The van der Waals surface area contributed by atoms with E-state index in [0.29, 0.717) is 24.7 Å². The van der Waals surface area contributed by atoms with Crippen LogP contribution in [0.3, 0.4) is 0 Å². The fourth-order valence-electron chi connectivity index (χ4n) is 2.32. The van der Waals surface area contributed by atoms with Crippen molar-refractivity contribution in [1.82, 2.24) is 15.2 Å². The highest BCUT2D eigenvalue weighted by molar-refractivity contribution is 7.07. The number of aromatic nitrogens is 1. The van der Waals surface area contributed by atoms with Crippen LogP contribution in [0.5, 0.6) is 5.75 Å². The highest BCUT2D eigenvalue weighted by Gasteiger charge is 2.27. The van der Waals surface area contributed by atoms with Crippen molar-refractivity contribution in [3.63, 3.8) is 0 Å². The first-order valence-corrected chi connectivity index (χ1v) is 8.35. The lowest BCUT2D eigenvalue weighted by molar-refractivity contribution is 0.186. The van der Waals surface area contributed by atoms with E-state index in [1.165, 1.54) is 11.3 Å². The number of thiazole rings is 1. The number of hydrogen-bond donors (Lipinski definition) is 1. The number of carbonyl (C=O) groups is 1. The second-order valence-electron chi connectivity index (χ2n) is 5.07. The first-order valence-electron chi connectivity index (χ1n) is 7.03. The Morgan fingerprint density at radius 1 is 1.45 bits per heavy atom. The number of nitrogens with one attached hydrogen (secondary N) is 1. The summed E-state index contributed by atoms with van der Waals surface area (Å²) in [6.07, 6.45) is 0.846. The first kappa shape index (κ1) is 15.1. The third-order valence-electron chi connectivity index (χ3n) is 3.45. The molecule has 1 unspecified atom stereocenters. The number of carbonyl (C=O) groups excluding carboxylic acids is 1. The van der Waals surface area contributed by atoms with E-state index in [9.17, 15) is 4.79 Å². The lowest BCUT2D eigenvalue weighted by atomic mass is 10.3. The van der Waals surface area contributed by atoms with E-state index < -0.39 is 0 Å². The summed E-state index contributed by atoms with van der Waals surface area (Å²) in [6.45, 7) is 1.74. The smallest absolute Gasteiger partial charge is 0.317 e. The highest BCUT2D eigenvalue weighted by atomic mass is 35.5. The molecule has 1 aliphatic rings. The van der Waals surface area contributed by atoms with E-state index in [-0.39, 0.29) is 12.1 Å². The Morgan fingerprint density at radius 3 is 3.00 bits per heavy atom. The third-order valence-corrected chi connectivity index (χ3v) is 4.34. The molecule has 0 bridgehead atoms.